The topological polar surface area (TPSA) is 38.1 Å². The van der Waals surface area contributed by atoms with E-state index < -0.39 is 0 Å². The lowest BCUT2D eigenvalue weighted by Gasteiger charge is -2.26. The van der Waals surface area contributed by atoms with Gasteiger partial charge in [-0.25, -0.2) is 4.79 Å². The second-order valence-corrected chi connectivity index (χ2v) is 6.94. The van der Waals surface area contributed by atoms with Crippen molar-refractivity contribution in [2.45, 2.75) is 33.4 Å². The van der Waals surface area contributed by atoms with Crippen LogP contribution < -0.4 is 5.69 Å². The molecular formula is C21H24ClN3O. The van der Waals surface area contributed by atoms with E-state index in [-0.39, 0.29) is 11.7 Å². The lowest BCUT2D eigenvalue weighted by atomic mass is 10.0. The van der Waals surface area contributed by atoms with Gasteiger partial charge in [0.25, 0.3) is 0 Å². The minimum atomic E-state index is -0.226. The van der Waals surface area contributed by atoms with E-state index in [1.807, 2.05) is 48.7 Å². The van der Waals surface area contributed by atoms with Gasteiger partial charge < -0.3 is 0 Å². The van der Waals surface area contributed by atoms with Gasteiger partial charge in [0, 0.05) is 34.8 Å². The molecule has 0 N–H and O–H groups in total. The van der Waals surface area contributed by atoms with E-state index in [4.69, 9.17) is 11.6 Å². The van der Waals surface area contributed by atoms with E-state index >= 15 is 0 Å². The van der Waals surface area contributed by atoms with Crippen molar-refractivity contribution in [3.63, 3.8) is 0 Å². The molecular weight excluding hydrogens is 346 g/mol. The number of hydrogen-bond acceptors (Lipinski definition) is 3. The van der Waals surface area contributed by atoms with Crippen molar-refractivity contribution in [2.75, 3.05) is 13.1 Å². The van der Waals surface area contributed by atoms with Crippen molar-refractivity contribution in [1.82, 2.24) is 14.5 Å². The summed E-state index contributed by atoms with van der Waals surface area (Å²) in [6, 6.07) is 13.9. The Morgan fingerprint density at radius 2 is 1.85 bits per heavy atom. The van der Waals surface area contributed by atoms with E-state index in [0.29, 0.717) is 17.1 Å². The van der Waals surface area contributed by atoms with Crippen molar-refractivity contribution in [2.24, 2.45) is 0 Å². The molecule has 1 unspecified atom stereocenters. The van der Waals surface area contributed by atoms with Gasteiger partial charge in [-0.15, -0.1) is 0 Å². The Hall–Kier alpha value is -2.17. The second-order valence-electron chi connectivity index (χ2n) is 6.50. The van der Waals surface area contributed by atoms with Gasteiger partial charge in [0.1, 0.15) is 0 Å². The predicted octanol–water partition coefficient (Wildman–Crippen LogP) is 4.45. The molecule has 0 saturated carbocycles. The fourth-order valence-electron chi connectivity index (χ4n) is 3.44. The van der Waals surface area contributed by atoms with E-state index in [1.54, 1.807) is 4.57 Å². The maximum absolute atomic E-state index is 12.6. The first-order valence-corrected chi connectivity index (χ1v) is 9.41. The quantitative estimate of drug-likeness (QED) is 0.644. The maximum atomic E-state index is 12.6. The van der Waals surface area contributed by atoms with Crippen molar-refractivity contribution in [3.05, 3.63) is 64.2 Å². The first-order chi connectivity index (χ1) is 12.5. The van der Waals surface area contributed by atoms with Gasteiger partial charge in [-0.05, 0) is 37.7 Å². The predicted molar refractivity (Wildman–Crippen MR) is 109 cm³/mol. The average Bonchev–Trinajstić information content (AvgIpc) is 2.64. The molecule has 3 aromatic rings. The summed E-state index contributed by atoms with van der Waals surface area (Å²) < 4.78 is 1.69. The van der Waals surface area contributed by atoms with Gasteiger partial charge in [-0.3, -0.25) is 9.47 Å². The van der Waals surface area contributed by atoms with E-state index in [1.165, 1.54) is 0 Å². The van der Waals surface area contributed by atoms with Crippen LogP contribution in [0, 0.1) is 0 Å². The molecule has 3 rings (SSSR count). The number of aromatic nitrogens is 2. The fraction of sp³-hybridized carbons (Fsp3) is 0.333. The zero-order chi connectivity index (χ0) is 18.7. The molecule has 0 aliphatic rings. The van der Waals surface area contributed by atoms with E-state index in [0.717, 1.165) is 29.6 Å². The van der Waals surface area contributed by atoms with Crippen LogP contribution in [0.2, 0.25) is 5.02 Å². The van der Waals surface area contributed by atoms with Crippen molar-refractivity contribution in [3.8, 4) is 11.1 Å². The molecule has 0 fully saturated rings. The number of fused-ring (bicyclic) bond motifs is 1. The monoisotopic (exact) mass is 369 g/mol. The summed E-state index contributed by atoms with van der Waals surface area (Å²) in [5, 5.41) is 1.52. The van der Waals surface area contributed by atoms with Crippen molar-refractivity contribution < 1.29 is 0 Å². The summed E-state index contributed by atoms with van der Waals surface area (Å²) in [6.45, 7) is 8.92. The van der Waals surface area contributed by atoms with Gasteiger partial charge in [-0.2, -0.15) is 4.98 Å². The Balaban J connectivity index is 2.08. The molecule has 136 valence electrons. The summed E-state index contributed by atoms with van der Waals surface area (Å²) >= 11 is 6.34. The first kappa shape index (κ1) is 18.6. The summed E-state index contributed by atoms with van der Waals surface area (Å²) in [6.07, 6.45) is 1.88. The molecule has 0 aliphatic heterocycles. The molecule has 1 aromatic heterocycles. The standard InChI is InChI=1S/C21H24ClN3O/c1-4-24(5-2)15(3)13-25-14-17-11-18(22)12-19(20(17)23-21(25)26)16-9-7-6-8-10-16/h6-12,14-15H,4-5,13H2,1-3H3. The lowest BCUT2D eigenvalue weighted by Crippen LogP contribution is -2.38. The summed E-state index contributed by atoms with van der Waals surface area (Å²) in [5.41, 5.74) is 2.35. The van der Waals surface area contributed by atoms with Crippen LogP contribution in [0.1, 0.15) is 20.8 Å². The number of halogens is 1. The largest absolute Gasteiger partial charge is 0.348 e. The molecule has 1 atom stereocenters. The fourth-order valence-corrected chi connectivity index (χ4v) is 3.67. The van der Waals surface area contributed by atoms with Crippen LogP contribution in [0.15, 0.2) is 53.5 Å². The molecule has 4 nitrogen and oxygen atoms in total. The zero-order valence-corrected chi connectivity index (χ0v) is 16.2. The number of benzene rings is 2. The Labute approximate surface area is 159 Å². The van der Waals surface area contributed by atoms with Gasteiger partial charge >= 0.3 is 5.69 Å². The molecule has 2 aromatic carbocycles. The molecule has 26 heavy (non-hydrogen) atoms. The Morgan fingerprint density at radius 1 is 1.15 bits per heavy atom. The van der Waals surface area contributed by atoms with Crippen molar-refractivity contribution in [1.29, 1.82) is 0 Å². The van der Waals surface area contributed by atoms with E-state index in [9.17, 15) is 4.79 Å². The van der Waals surface area contributed by atoms with Crippen LogP contribution in [0.4, 0.5) is 0 Å². The summed E-state index contributed by atoms with van der Waals surface area (Å²) in [5.74, 6) is 0. The van der Waals surface area contributed by atoms with Gasteiger partial charge in [-0.1, -0.05) is 55.8 Å². The highest BCUT2D eigenvalue weighted by Crippen LogP contribution is 2.30. The molecule has 0 radical (unpaired) electrons. The third kappa shape index (κ3) is 3.81. The zero-order valence-electron chi connectivity index (χ0n) is 15.4. The number of hydrogen-bond donors (Lipinski definition) is 0. The van der Waals surface area contributed by atoms with Gasteiger partial charge in [0.05, 0.1) is 5.52 Å². The van der Waals surface area contributed by atoms with Crippen LogP contribution in [0.5, 0.6) is 0 Å². The molecule has 0 saturated heterocycles. The average molecular weight is 370 g/mol. The molecule has 0 spiro atoms. The second kappa shape index (κ2) is 8.02. The lowest BCUT2D eigenvalue weighted by molar-refractivity contribution is 0.209. The minimum Gasteiger partial charge on any atom is -0.299 e. The summed E-state index contributed by atoms with van der Waals surface area (Å²) in [7, 11) is 0. The third-order valence-corrected chi connectivity index (χ3v) is 5.05. The molecule has 0 bridgehead atoms. The molecule has 0 aliphatic carbocycles. The van der Waals surface area contributed by atoms with Crippen LogP contribution in [-0.2, 0) is 6.54 Å². The third-order valence-electron chi connectivity index (χ3n) is 4.83. The number of likely N-dealkylation sites (N-methyl/N-ethyl adjacent to an activating group) is 1. The highest BCUT2D eigenvalue weighted by atomic mass is 35.5. The minimum absolute atomic E-state index is 0.226. The van der Waals surface area contributed by atoms with Crippen LogP contribution in [0.25, 0.3) is 22.0 Å². The van der Waals surface area contributed by atoms with E-state index in [2.05, 4.69) is 30.7 Å². The van der Waals surface area contributed by atoms with Crippen LogP contribution in [-0.4, -0.2) is 33.6 Å². The highest BCUT2D eigenvalue weighted by molar-refractivity contribution is 6.31. The molecule has 5 heteroatoms. The first-order valence-electron chi connectivity index (χ1n) is 9.03. The van der Waals surface area contributed by atoms with Gasteiger partial charge in [0.2, 0.25) is 0 Å². The normalized spacial score (nSPS) is 12.7. The van der Waals surface area contributed by atoms with Crippen LogP contribution >= 0.6 is 11.6 Å². The Morgan fingerprint density at radius 3 is 2.50 bits per heavy atom. The highest BCUT2D eigenvalue weighted by Gasteiger charge is 2.14. The molecule has 0 amide bonds. The van der Waals surface area contributed by atoms with Crippen molar-refractivity contribution >= 4 is 22.5 Å². The number of rotatable bonds is 6. The Kier molecular flexibility index (Phi) is 5.74. The number of nitrogens with zero attached hydrogens (tertiary/aromatic N) is 3. The SMILES string of the molecule is CCN(CC)C(C)Cn1cc2cc(Cl)cc(-c3ccccc3)c2nc1=O. The van der Waals surface area contributed by atoms with Gasteiger partial charge in [0.15, 0.2) is 0 Å². The smallest absolute Gasteiger partial charge is 0.299 e. The maximum Gasteiger partial charge on any atom is 0.348 e. The summed E-state index contributed by atoms with van der Waals surface area (Å²) in [4.78, 5) is 19.3. The molecule has 1 heterocycles. The Bertz CT molecular complexity index is 949. The van der Waals surface area contributed by atoms with Crippen LogP contribution in [0.3, 0.4) is 0 Å².